The van der Waals surface area contributed by atoms with Gasteiger partial charge < -0.3 is 9.30 Å². The lowest BCUT2D eigenvalue weighted by Gasteiger charge is -2.20. The van der Waals surface area contributed by atoms with Gasteiger partial charge in [0.05, 0.1) is 5.57 Å². The van der Waals surface area contributed by atoms with Crippen molar-refractivity contribution in [2.45, 2.75) is 34.6 Å². The van der Waals surface area contributed by atoms with Crippen molar-refractivity contribution >= 4 is 39.8 Å². The fraction of sp³-hybridized carbons (Fsp3) is 0.214. The van der Waals surface area contributed by atoms with Gasteiger partial charge in [-0.25, -0.2) is 0 Å². The molecule has 182 valence electrons. The van der Waals surface area contributed by atoms with Crippen molar-refractivity contribution < 1.29 is 9.53 Å². The Morgan fingerprint density at radius 1 is 1.03 bits per heavy atom. The number of aromatic nitrogens is 1. The molecule has 2 aliphatic heterocycles. The van der Waals surface area contributed by atoms with E-state index in [1.165, 1.54) is 27.9 Å². The van der Waals surface area contributed by atoms with Crippen LogP contribution in [0.15, 0.2) is 64.2 Å². The van der Waals surface area contributed by atoms with Gasteiger partial charge in [-0.2, -0.15) is 15.1 Å². The number of carbonyl (C=O) groups is 1. The van der Waals surface area contributed by atoms with Gasteiger partial charge in [-0.3, -0.25) is 10.2 Å². The van der Waals surface area contributed by atoms with Crippen molar-refractivity contribution in [3.05, 3.63) is 87.7 Å². The fourth-order valence-electron chi connectivity index (χ4n) is 4.46. The van der Waals surface area contributed by atoms with Gasteiger partial charge in [0.15, 0.2) is 5.84 Å². The third kappa shape index (κ3) is 4.40. The summed E-state index contributed by atoms with van der Waals surface area (Å²) in [5.41, 5.74) is 7.73. The summed E-state index contributed by atoms with van der Waals surface area (Å²) in [6, 6.07) is 16.2. The Kier molecular flexibility index (Phi) is 6.14. The quantitative estimate of drug-likeness (QED) is 0.457. The molecule has 0 bridgehead atoms. The molecule has 2 aromatic carbocycles. The van der Waals surface area contributed by atoms with Gasteiger partial charge in [0.2, 0.25) is 5.17 Å². The third-order valence-electron chi connectivity index (χ3n) is 6.21. The molecule has 1 N–H and O–H groups in total. The zero-order valence-electron chi connectivity index (χ0n) is 20.9. The maximum absolute atomic E-state index is 12.9. The molecule has 36 heavy (non-hydrogen) atoms. The van der Waals surface area contributed by atoms with Crippen molar-refractivity contribution in [1.82, 2.24) is 9.58 Å². The van der Waals surface area contributed by atoms with E-state index in [9.17, 15) is 4.79 Å². The molecule has 5 rings (SSSR count). The summed E-state index contributed by atoms with van der Waals surface area (Å²) in [6.45, 7) is 10.5. The molecule has 0 saturated heterocycles. The smallest absolute Gasteiger partial charge is 0.283 e. The number of amides is 1. The number of hydrogen-bond donors (Lipinski definition) is 1. The molecular weight excluding hydrogens is 470 g/mol. The molecule has 0 saturated carbocycles. The summed E-state index contributed by atoms with van der Waals surface area (Å²) in [4.78, 5) is 17.1. The molecule has 1 aromatic heterocycles. The highest BCUT2D eigenvalue weighted by Crippen LogP contribution is 2.30. The predicted octanol–water partition coefficient (Wildman–Crippen LogP) is 5.72. The zero-order chi connectivity index (χ0) is 25.6. The minimum atomic E-state index is -0.439. The number of nitrogens with one attached hydrogen (secondary N) is 1. The number of thioether (sulfide) groups is 1. The average molecular weight is 498 g/mol. The number of aliphatic imine (C=N–C) groups is 1. The maximum Gasteiger partial charge on any atom is 0.283 e. The molecule has 0 aliphatic carbocycles. The van der Waals surface area contributed by atoms with E-state index in [4.69, 9.17) is 10.1 Å². The lowest BCUT2D eigenvalue weighted by Crippen LogP contribution is -2.35. The highest BCUT2D eigenvalue weighted by Gasteiger charge is 2.36. The molecule has 1 amide bonds. The number of hydrazone groups is 1. The lowest BCUT2D eigenvalue weighted by atomic mass is 10.1. The Morgan fingerprint density at radius 2 is 1.81 bits per heavy atom. The van der Waals surface area contributed by atoms with Gasteiger partial charge in [0.1, 0.15) is 17.4 Å². The molecule has 3 aromatic rings. The zero-order valence-corrected chi connectivity index (χ0v) is 21.7. The van der Waals surface area contributed by atoms with Crippen molar-refractivity contribution in [1.29, 1.82) is 5.41 Å². The SMILES string of the molecule is Cc1cccc(OCC2=NN3C(=N)C(=Cc4cc(C)n(-c5ccc(C)cc5C)c4C)C(=O)N=C3S2)c1. The minimum absolute atomic E-state index is 0.0133. The van der Waals surface area contributed by atoms with Gasteiger partial charge in [-0.15, -0.1) is 0 Å². The van der Waals surface area contributed by atoms with Crippen LogP contribution in [-0.4, -0.2) is 38.1 Å². The molecule has 0 unspecified atom stereocenters. The first-order valence-electron chi connectivity index (χ1n) is 11.7. The Hall–Kier alpha value is -3.91. The molecule has 0 spiro atoms. The van der Waals surface area contributed by atoms with E-state index in [0.29, 0.717) is 10.2 Å². The summed E-state index contributed by atoms with van der Waals surface area (Å²) in [7, 11) is 0. The van der Waals surface area contributed by atoms with E-state index in [0.717, 1.165) is 34.0 Å². The Morgan fingerprint density at radius 3 is 2.56 bits per heavy atom. The molecule has 2 aliphatic rings. The summed E-state index contributed by atoms with van der Waals surface area (Å²) < 4.78 is 8.02. The van der Waals surface area contributed by atoms with Crippen molar-refractivity contribution in [2.75, 3.05) is 6.61 Å². The number of hydrogen-bond acceptors (Lipinski definition) is 5. The fourth-order valence-corrected chi connectivity index (χ4v) is 5.25. The number of carbonyl (C=O) groups excluding carboxylic acids is 1. The van der Waals surface area contributed by atoms with Crippen LogP contribution in [0, 0.1) is 40.0 Å². The van der Waals surface area contributed by atoms with Crippen LogP contribution < -0.4 is 4.74 Å². The highest BCUT2D eigenvalue weighted by molar-refractivity contribution is 8.27. The number of ether oxygens (including phenoxy) is 1. The summed E-state index contributed by atoms with van der Waals surface area (Å²) in [5, 5.41) is 15.6. The van der Waals surface area contributed by atoms with E-state index in [2.05, 4.69) is 46.7 Å². The van der Waals surface area contributed by atoms with Crippen LogP contribution in [0.5, 0.6) is 5.75 Å². The van der Waals surface area contributed by atoms with Gasteiger partial charge in [0.25, 0.3) is 5.91 Å². The Bertz CT molecular complexity index is 1510. The first kappa shape index (κ1) is 23.8. The van der Waals surface area contributed by atoms with E-state index < -0.39 is 5.91 Å². The van der Waals surface area contributed by atoms with Crippen molar-refractivity contribution in [3.8, 4) is 11.4 Å². The van der Waals surface area contributed by atoms with Crippen LogP contribution >= 0.6 is 11.8 Å². The third-order valence-corrected chi connectivity index (χ3v) is 7.09. The first-order chi connectivity index (χ1) is 17.2. The highest BCUT2D eigenvalue weighted by atomic mass is 32.2. The monoisotopic (exact) mass is 497 g/mol. The number of aryl methyl sites for hydroxylation is 4. The van der Waals surface area contributed by atoms with Gasteiger partial charge in [0, 0.05) is 17.1 Å². The number of amidine groups is 2. The Balaban J connectivity index is 1.41. The maximum atomic E-state index is 12.9. The first-order valence-corrected chi connectivity index (χ1v) is 12.5. The van der Waals surface area contributed by atoms with Crippen LogP contribution in [0.25, 0.3) is 11.8 Å². The molecule has 8 heteroatoms. The van der Waals surface area contributed by atoms with Gasteiger partial charge in [-0.1, -0.05) is 29.8 Å². The average Bonchev–Trinajstić information content (AvgIpc) is 3.35. The summed E-state index contributed by atoms with van der Waals surface area (Å²) in [5.74, 6) is 0.321. The van der Waals surface area contributed by atoms with E-state index in [1.807, 2.05) is 51.1 Å². The summed E-state index contributed by atoms with van der Waals surface area (Å²) in [6.07, 6.45) is 1.74. The number of nitrogens with zero attached hydrogens (tertiary/aromatic N) is 4. The second kappa shape index (κ2) is 9.28. The molecule has 7 nitrogen and oxygen atoms in total. The van der Waals surface area contributed by atoms with Crippen LogP contribution in [0.1, 0.15) is 33.6 Å². The normalized spacial score (nSPS) is 16.4. The van der Waals surface area contributed by atoms with Gasteiger partial charge in [-0.05, 0) is 93.4 Å². The van der Waals surface area contributed by atoms with Crippen LogP contribution in [0.4, 0.5) is 0 Å². The van der Waals surface area contributed by atoms with Crippen LogP contribution in [-0.2, 0) is 4.79 Å². The second-order valence-corrected chi connectivity index (χ2v) is 10.1. The molecule has 0 radical (unpaired) electrons. The largest absolute Gasteiger partial charge is 0.487 e. The van der Waals surface area contributed by atoms with E-state index in [1.54, 1.807) is 6.08 Å². The molecular formula is C28H27N5O2S. The number of rotatable bonds is 5. The Labute approximate surface area is 214 Å². The van der Waals surface area contributed by atoms with Crippen molar-refractivity contribution in [2.24, 2.45) is 10.1 Å². The second-order valence-electron chi connectivity index (χ2n) is 9.07. The standard InChI is InChI=1S/C28H27N5O2S/c1-16-7-6-8-22(12-16)35-15-25-31-33-26(29)23(27(34)30-28(33)36-25)14-21-13-19(4)32(20(21)5)24-10-9-17(2)11-18(24)3/h6-14,29H,15H2,1-5H3. The minimum Gasteiger partial charge on any atom is -0.487 e. The topological polar surface area (TPSA) is 83.0 Å². The lowest BCUT2D eigenvalue weighted by molar-refractivity contribution is -0.114. The molecule has 3 heterocycles. The predicted molar refractivity (Wildman–Crippen MR) is 146 cm³/mol. The molecule has 0 atom stereocenters. The van der Waals surface area contributed by atoms with E-state index in [-0.39, 0.29) is 18.0 Å². The van der Waals surface area contributed by atoms with E-state index >= 15 is 0 Å². The van der Waals surface area contributed by atoms with Crippen molar-refractivity contribution in [3.63, 3.8) is 0 Å². The number of benzene rings is 2. The van der Waals surface area contributed by atoms with Crippen LogP contribution in [0.3, 0.4) is 0 Å². The molecule has 0 fully saturated rings. The van der Waals surface area contributed by atoms with Gasteiger partial charge >= 0.3 is 0 Å². The number of fused-ring (bicyclic) bond motifs is 1. The summed E-state index contributed by atoms with van der Waals surface area (Å²) >= 11 is 1.25. The van der Waals surface area contributed by atoms with Crippen LogP contribution in [0.2, 0.25) is 0 Å².